The smallest absolute Gasteiger partial charge is 0.227 e. The number of rotatable bonds is 11. The van der Waals surface area contributed by atoms with E-state index in [0.29, 0.717) is 6.42 Å². The molecule has 0 saturated heterocycles. The molecule has 35 heavy (non-hydrogen) atoms. The molecule has 8 nitrogen and oxygen atoms in total. The van der Waals surface area contributed by atoms with E-state index in [1.807, 2.05) is 30.8 Å². The van der Waals surface area contributed by atoms with Crippen LogP contribution in [0.15, 0.2) is 48.2 Å². The van der Waals surface area contributed by atoms with Crippen LogP contribution in [0.25, 0.3) is 22.0 Å². The number of amides is 2. The van der Waals surface area contributed by atoms with E-state index >= 15 is 0 Å². The molecular formula is C26H30N6O2S. The topological polar surface area (TPSA) is 113 Å². The molecule has 4 rings (SSSR count). The lowest BCUT2D eigenvalue weighted by Gasteiger charge is -2.16. The van der Waals surface area contributed by atoms with E-state index < -0.39 is 0 Å². The number of nitrogens with zero attached hydrogens (tertiary/aromatic N) is 3. The number of carbonyl (C=O) groups is 2. The summed E-state index contributed by atoms with van der Waals surface area (Å²) in [5.74, 6) is 0.695. The number of H-pyrrole nitrogens is 1. The number of thiazole rings is 1. The highest BCUT2D eigenvalue weighted by molar-refractivity contribution is 7.09. The number of nitrogens with one attached hydrogen (secondary N) is 3. The van der Waals surface area contributed by atoms with E-state index in [-0.39, 0.29) is 24.3 Å². The summed E-state index contributed by atoms with van der Waals surface area (Å²) in [6.07, 6.45) is 9.51. The summed E-state index contributed by atoms with van der Waals surface area (Å²) in [4.78, 5) is 40.9. The Kier molecular flexibility index (Phi) is 8.20. The minimum absolute atomic E-state index is 0.0508. The monoisotopic (exact) mass is 490 g/mol. The summed E-state index contributed by atoms with van der Waals surface area (Å²) in [5, 5.41) is 10.7. The largest absolute Gasteiger partial charge is 0.359 e. The molecule has 0 fully saturated rings. The minimum Gasteiger partial charge on any atom is -0.359 e. The number of aromatic nitrogens is 4. The molecule has 1 unspecified atom stereocenters. The van der Waals surface area contributed by atoms with Gasteiger partial charge in [-0.15, -0.1) is 11.3 Å². The number of unbranched alkanes of at least 4 members (excludes halogenated alkanes) is 2. The summed E-state index contributed by atoms with van der Waals surface area (Å²) >= 11 is 1.49. The summed E-state index contributed by atoms with van der Waals surface area (Å²) in [6, 6.07) is 7.93. The van der Waals surface area contributed by atoms with Crippen molar-refractivity contribution in [2.75, 3.05) is 7.05 Å². The van der Waals surface area contributed by atoms with Crippen LogP contribution < -0.4 is 10.6 Å². The van der Waals surface area contributed by atoms with Crippen molar-refractivity contribution in [2.24, 2.45) is 0 Å². The van der Waals surface area contributed by atoms with Gasteiger partial charge in [-0.25, -0.2) is 9.97 Å². The zero-order valence-corrected chi connectivity index (χ0v) is 20.8. The van der Waals surface area contributed by atoms with E-state index in [4.69, 9.17) is 0 Å². The number of aryl methyl sites for hydroxylation is 1. The van der Waals surface area contributed by atoms with Gasteiger partial charge in [0.25, 0.3) is 0 Å². The number of hydrogen-bond acceptors (Lipinski definition) is 6. The average Bonchev–Trinajstić information content (AvgIpc) is 3.52. The maximum atomic E-state index is 12.8. The third kappa shape index (κ3) is 6.73. The molecule has 0 aliphatic carbocycles. The fraction of sp³-hybridized carbons (Fsp3) is 0.346. The Labute approximate surface area is 208 Å². The van der Waals surface area contributed by atoms with Crippen molar-refractivity contribution in [2.45, 2.75) is 51.5 Å². The number of hydrogen-bond donors (Lipinski definition) is 3. The highest BCUT2D eigenvalue weighted by atomic mass is 32.1. The lowest BCUT2D eigenvalue weighted by molar-refractivity contribution is -0.121. The fourth-order valence-corrected chi connectivity index (χ4v) is 4.76. The van der Waals surface area contributed by atoms with Gasteiger partial charge in [0.1, 0.15) is 10.8 Å². The normalized spacial score (nSPS) is 11.9. The van der Waals surface area contributed by atoms with E-state index in [1.165, 1.54) is 11.3 Å². The van der Waals surface area contributed by atoms with Gasteiger partial charge in [-0.1, -0.05) is 25.0 Å². The van der Waals surface area contributed by atoms with Crippen LogP contribution in [-0.4, -0.2) is 38.8 Å². The van der Waals surface area contributed by atoms with Crippen molar-refractivity contribution >= 4 is 33.9 Å². The van der Waals surface area contributed by atoms with E-state index in [1.54, 1.807) is 13.2 Å². The molecule has 3 N–H and O–H groups in total. The molecule has 182 valence electrons. The number of benzene rings is 1. The molecule has 0 aliphatic heterocycles. The molecular weight excluding hydrogens is 460 g/mol. The molecule has 9 heteroatoms. The summed E-state index contributed by atoms with van der Waals surface area (Å²) in [5.41, 5.74) is 2.82. The zero-order valence-electron chi connectivity index (χ0n) is 20.0. The summed E-state index contributed by atoms with van der Waals surface area (Å²) in [6.45, 7) is 1.92. The first-order valence-corrected chi connectivity index (χ1v) is 12.7. The van der Waals surface area contributed by atoms with Crippen LogP contribution in [0.1, 0.15) is 54.7 Å². The predicted octanol–water partition coefficient (Wildman–Crippen LogP) is 4.49. The first-order valence-electron chi connectivity index (χ1n) is 11.8. The molecule has 1 atom stereocenters. The Bertz CT molecular complexity index is 1300. The van der Waals surface area contributed by atoms with Crippen LogP contribution in [0.3, 0.4) is 0 Å². The molecule has 0 spiro atoms. The molecule has 3 aromatic heterocycles. The van der Waals surface area contributed by atoms with Gasteiger partial charge >= 0.3 is 0 Å². The van der Waals surface area contributed by atoms with Gasteiger partial charge in [0, 0.05) is 47.9 Å². The van der Waals surface area contributed by atoms with Crippen molar-refractivity contribution in [3.63, 3.8) is 0 Å². The highest BCUT2D eigenvalue weighted by Crippen LogP contribution is 2.25. The second-order valence-electron chi connectivity index (χ2n) is 8.57. The maximum Gasteiger partial charge on any atom is 0.227 e. The van der Waals surface area contributed by atoms with Gasteiger partial charge in [-0.3, -0.25) is 14.6 Å². The minimum atomic E-state index is -0.251. The number of imidazole rings is 1. The fourth-order valence-electron chi connectivity index (χ4n) is 3.99. The molecule has 3 heterocycles. The van der Waals surface area contributed by atoms with Crippen LogP contribution in [0.2, 0.25) is 0 Å². The third-order valence-corrected chi connectivity index (χ3v) is 6.83. The van der Waals surface area contributed by atoms with Crippen LogP contribution in [0.5, 0.6) is 0 Å². The quantitative estimate of drug-likeness (QED) is 0.268. The summed E-state index contributed by atoms with van der Waals surface area (Å²) < 4.78 is 0. The van der Waals surface area contributed by atoms with Crippen LogP contribution in [-0.2, 0) is 16.0 Å². The Morgan fingerprint density at radius 2 is 1.97 bits per heavy atom. The molecule has 0 bridgehead atoms. The first-order chi connectivity index (χ1) is 17.0. The van der Waals surface area contributed by atoms with Gasteiger partial charge < -0.3 is 15.6 Å². The molecule has 4 aromatic rings. The van der Waals surface area contributed by atoms with Crippen LogP contribution in [0.4, 0.5) is 0 Å². The molecule has 0 radical (unpaired) electrons. The lowest BCUT2D eigenvalue weighted by Crippen LogP contribution is -2.30. The van der Waals surface area contributed by atoms with Crippen molar-refractivity contribution in [1.82, 2.24) is 30.6 Å². The number of aromatic amines is 1. The van der Waals surface area contributed by atoms with E-state index in [9.17, 15) is 9.59 Å². The molecule has 0 aliphatic rings. The van der Waals surface area contributed by atoms with Crippen molar-refractivity contribution in [3.05, 3.63) is 64.8 Å². The third-order valence-electron chi connectivity index (χ3n) is 5.87. The van der Waals surface area contributed by atoms with Crippen molar-refractivity contribution < 1.29 is 9.59 Å². The highest BCUT2D eigenvalue weighted by Gasteiger charge is 2.19. The average molecular weight is 491 g/mol. The second kappa shape index (κ2) is 11.7. The number of carbonyl (C=O) groups excluding carboxylic acids is 2. The van der Waals surface area contributed by atoms with Gasteiger partial charge in [0.2, 0.25) is 11.8 Å². The SMILES string of the molecule is CNC(=O)CCCCCC(NC(=O)Cc1nc(C)cs1)c1ncc(-c2ccc3ccncc3c2)[nH]1. The van der Waals surface area contributed by atoms with E-state index in [0.717, 1.165) is 64.2 Å². The van der Waals surface area contributed by atoms with Gasteiger partial charge in [-0.05, 0) is 37.3 Å². The van der Waals surface area contributed by atoms with Gasteiger partial charge in [0.15, 0.2) is 0 Å². The summed E-state index contributed by atoms with van der Waals surface area (Å²) in [7, 11) is 1.65. The van der Waals surface area contributed by atoms with E-state index in [2.05, 4.69) is 48.8 Å². The second-order valence-corrected chi connectivity index (χ2v) is 9.51. The Balaban J connectivity index is 1.46. The predicted molar refractivity (Wildman–Crippen MR) is 138 cm³/mol. The Morgan fingerprint density at radius 3 is 2.77 bits per heavy atom. The van der Waals surface area contributed by atoms with Crippen molar-refractivity contribution in [1.29, 1.82) is 0 Å². The molecule has 2 amide bonds. The van der Waals surface area contributed by atoms with Crippen LogP contribution >= 0.6 is 11.3 Å². The molecule has 1 aromatic carbocycles. The van der Waals surface area contributed by atoms with Crippen molar-refractivity contribution in [3.8, 4) is 11.3 Å². The first kappa shape index (κ1) is 24.5. The van der Waals surface area contributed by atoms with Gasteiger partial charge in [-0.2, -0.15) is 0 Å². The Hall–Kier alpha value is -3.59. The number of pyridine rings is 1. The molecule has 0 saturated carbocycles. The maximum absolute atomic E-state index is 12.8. The standard InChI is InChI=1S/C26H30N6O2S/c1-17-16-35-25(30-17)13-24(34)31-21(6-4-3-5-7-23(33)27-2)26-29-15-22(32-26)19-9-8-18-10-11-28-14-20(18)12-19/h8-12,14-16,21H,3-7,13H2,1-2H3,(H,27,33)(H,29,32)(H,31,34). The van der Waals surface area contributed by atoms with Gasteiger partial charge in [0.05, 0.1) is 24.4 Å². The zero-order chi connectivity index (χ0) is 24.6. The Morgan fingerprint density at radius 1 is 1.09 bits per heavy atom. The number of fused-ring (bicyclic) bond motifs is 1. The van der Waals surface area contributed by atoms with Crippen LogP contribution in [0, 0.1) is 6.92 Å². The lowest BCUT2D eigenvalue weighted by atomic mass is 10.1.